The zero-order valence-electron chi connectivity index (χ0n) is 18.3. The van der Waals surface area contributed by atoms with Crippen molar-refractivity contribution in [2.24, 2.45) is 7.05 Å². The van der Waals surface area contributed by atoms with Crippen molar-refractivity contribution in [2.75, 3.05) is 20.3 Å². The number of benzene rings is 2. The number of carbonyl (C=O) groups is 2. The van der Waals surface area contributed by atoms with Crippen LogP contribution in [0.25, 0.3) is 11.1 Å². The summed E-state index contributed by atoms with van der Waals surface area (Å²) in [5.41, 5.74) is 4.53. The quantitative estimate of drug-likeness (QED) is 0.470. The Morgan fingerprint density at radius 2 is 1.70 bits per heavy atom. The van der Waals surface area contributed by atoms with E-state index in [1.54, 1.807) is 7.05 Å². The fraction of sp³-hybridized carbons (Fsp3) is 0.292. The van der Waals surface area contributed by atoms with E-state index in [1.807, 2.05) is 36.4 Å². The van der Waals surface area contributed by atoms with E-state index in [1.165, 1.54) is 17.9 Å². The zero-order chi connectivity index (χ0) is 23.5. The number of nitrogens with zero attached hydrogens (tertiary/aromatic N) is 2. The van der Waals surface area contributed by atoms with E-state index >= 15 is 0 Å². The van der Waals surface area contributed by atoms with E-state index < -0.39 is 24.3 Å². The van der Waals surface area contributed by atoms with Crippen molar-refractivity contribution >= 4 is 12.1 Å². The van der Waals surface area contributed by atoms with E-state index in [0.29, 0.717) is 0 Å². The van der Waals surface area contributed by atoms with Gasteiger partial charge in [0, 0.05) is 25.7 Å². The van der Waals surface area contributed by atoms with Gasteiger partial charge < -0.3 is 29.6 Å². The molecule has 2 unspecified atom stereocenters. The lowest BCUT2D eigenvalue weighted by Crippen LogP contribution is -2.36. The number of aliphatic hydroxyl groups excluding tert-OH is 2. The highest BCUT2D eigenvalue weighted by Crippen LogP contribution is 2.44. The van der Waals surface area contributed by atoms with Crippen LogP contribution in [0.15, 0.2) is 54.7 Å². The molecule has 3 aromatic rings. The van der Waals surface area contributed by atoms with Crippen LogP contribution in [0.2, 0.25) is 0 Å². The molecule has 4 rings (SSSR count). The molecule has 1 aliphatic rings. The molecule has 172 valence electrons. The summed E-state index contributed by atoms with van der Waals surface area (Å²) in [6.45, 7) is -0.122. The number of ether oxygens (including phenoxy) is 2. The normalized spacial score (nSPS) is 14.2. The lowest BCUT2D eigenvalue weighted by molar-refractivity contribution is 0.0161. The SMILES string of the molecule is COC(=O)c1nc(C(O)C(O)CNC(=O)OCC2c3ccccc3-c3ccccc32)cn1C. The van der Waals surface area contributed by atoms with Crippen molar-refractivity contribution in [1.82, 2.24) is 14.9 Å². The Bertz CT molecular complexity index is 1130. The van der Waals surface area contributed by atoms with Crippen LogP contribution in [-0.4, -0.2) is 58.2 Å². The van der Waals surface area contributed by atoms with Gasteiger partial charge in [0.25, 0.3) is 0 Å². The summed E-state index contributed by atoms with van der Waals surface area (Å²) in [5, 5.41) is 23.1. The molecule has 0 saturated heterocycles. The lowest BCUT2D eigenvalue weighted by atomic mass is 9.98. The Hall–Kier alpha value is -3.69. The molecule has 2 atom stereocenters. The number of aromatic nitrogens is 2. The van der Waals surface area contributed by atoms with Crippen LogP contribution in [0.4, 0.5) is 4.79 Å². The minimum absolute atomic E-state index is 0.0109. The van der Waals surface area contributed by atoms with Crippen molar-refractivity contribution < 1.29 is 29.3 Å². The number of rotatable bonds is 7. The van der Waals surface area contributed by atoms with Gasteiger partial charge in [-0.05, 0) is 22.3 Å². The van der Waals surface area contributed by atoms with E-state index in [0.717, 1.165) is 22.3 Å². The first kappa shape index (κ1) is 22.5. The summed E-state index contributed by atoms with van der Waals surface area (Å²) in [6.07, 6.45) is -2.07. The number of aryl methyl sites for hydroxylation is 1. The highest BCUT2D eigenvalue weighted by atomic mass is 16.5. The maximum absolute atomic E-state index is 12.3. The molecular formula is C24H25N3O6. The average molecular weight is 451 g/mol. The highest BCUT2D eigenvalue weighted by molar-refractivity contribution is 5.85. The van der Waals surface area contributed by atoms with Crippen molar-refractivity contribution in [3.8, 4) is 11.1 Å². The minimum atomic E-state index is -1.41. The molecule has 1 aromatic heterocycles. The molecule has 9 heteroatoms. The van der Waals surface area contributed by atoms with Gasteiger partial charge in [-0.1, -0.05) is 48.5 Å². The molecule has 9 nitrogen and oxygen atoms in total. The topological polar surface area (TPSA) is 123 Å². The standard InChI is InChI=1S/C24H25N3O6/c1-27-12-19(26-22(27)23(30)32-2)21(29)20(28)11-25-24(31)33-13-18-16-9-5-3-7-14(16)15-8-4-6-10-17(15)18/h3-10,12,18,20-21,28-29H,11,13H2,1-2H3,(H,25,31). The highest BCUT2D eigenvalue weighted by Gasteiger charge is 2.29. The summed E-state index contributed by atoms with van der Waals surface area (Å²) < 4.78 is 11.4. The van der Waals surface area contributed by atoms with Gasteiger partial charge in [0.2, 0.25) is 5.82 Å². The van der Waals surface area contributed by atoms with Gasteiger partial charge in [-0.3, -0.25) is 0 Å². The largest absolute Gasteiger partial charge is 0.463 e. The molecule has 3 N–H and O–H groups in total. The Balaban J connectivity index is 1.33. The maximum Gasteiger partial charge on any atom is 0.407 e. The van der Waals surface area contributed by atoms with Crippen LogP contribution >= 0.6 is 0 Å². The predicted molar refractivity (Wildman–Crippen MR) is 119 cm³/mol. The maximum atomic E-state index is 12.3. The smallest absolute Gasteiger partial charge is 0.407 e. The third-order valence-corrected chi connectivity index (χ3v) is 5.73. The van der Waals surface area contributed by atoms with Gasteiger partial charge >= 0.3 is 12.1 Å². The van der Waals surface area contributed by atoms with E-state index in [9.17, 15) is 19.8 Å². The Kier molecular flexibility index (Phi) is 6.43. The van der Waals surface area contributed by atoms with Crippen LogP contribution in [0.3, 0.4) is 0 Å². The van der Waals surface area contributed by atoms with Gasteiger partial charge in [0.1, 0.15) is 18.8 Å². The van der Waals surface area contributed by atoms with Crippen LogP contribution in [0.1, 0.15) is 39.5 Å². The summed E-state index contributed by atoms with van der Waals surface area (Å²) in [4.78, 5) is 27.9. The van der Waals surface area contributed by atoms with Gasteiger partial charge in [-0.2, -0.15) is 0 Å². The molecule has 0 radical (unpaired) electrons. The van der Waals surface area contributed by atoms with Crippen LogP contribution in [0, 0.1) is 0 Å². The number of nitrogens with one attached hydrogen (secondary N) is 1. The number of carbonyl (C=O) groups excluding carboxylic acids is 2. The summed E-state index contributed by atoms with van der Waals surface area (Å²) in [5.74, 6) is -0.755. The number of fused-ring (bicyclic) bond motifs is 3. The van der Waals surface area contributed by atoms with Crippen molar-refractivity contribution in [3.05, 3.63) is 77.4 Å². The molecule has 0 fully saturated rings. The van der Waals surface area contributed by atoms with E-state index in [2.05, 4.69) is 27.2 Å². The molecule has 33 heavy (non-hydrogen) atoms. The van der Waals surface area contributed by atoms with Crippen molar-refractivity contribution in [2.45, 2.75) is 18.1 Å². The number of aliphatic hydroxyl groups is 2. The number of methoxy groups -OCH3 is 1. The van der Waals surface area contributed by atoms with Gasteiger partial charge in [-0.15, -0.1) is 0 Å². The molecule has 0 saturated carbocycles. The Morgan fingerprint density at radius 3 is 2.30 bits per heavy atom. The molecular weight excluding hydrogens is 426 g/mol. The molecule has 0 spiro atoms. The van der Waals surface area contributed by atoms with Crippen LogP contribution in [-0.2, 0) is 16.5 Å². The summed E-state index contributed by atoms with van der Waals surface area (Å²) in [7, 11) is 2.79. The third kappa shape index (κ3) is 4.46. The first-order chi connectivity index (χ1) is 15.9. The van der Waals surface area contributed by atoms with E-state index in [4.69, 9.17) is 4.74 Å². The number of imidazole rings is 1. The summed E-state index contributed by atoms with van der Waals surface area (Å²) >= 11 is 0. The van der Waals surface area contributed by atoms with Gasteiger partial charge in [0.05, 0.1) is 12.8 Å². The molecule has 0 aliphatic heterocycles. The molecule has 1 amide bonds. The monoisotopic (exact) mass is 451 g/mol. The lowest BCUT2D eigenvalue weighted by Gasteiger charge is -2.18. The first-order valence-corrected chi connectivity index (χ1v) is 10.5. The van der Waals surface area contributed by atoms with Crippen molar-refractivity contribution in [1.29, 1.82) is 0 Å². The minimum Gasteiger partial charge on any atom is -0.463 e. The van der Waals surface area contributed by atoms with Crippen LogP contribution in [0.5, 0.6) is 0 Å². The Labute approximate surface area is 190 Å². The molecule has 0 bridgehead atoms. The fourth-order valence-corrected chi connectivity index (χ4v) is 4.06. The van der Waals surface area contributed by atoms with E-state index in [-0.39, 0.29) is 30.6 Å². The zero-order valence-corrected chi connectivity index (χ0v) is 18.3. The average Bonchev–Trinajstić information content (AvgIpc) is 3.38. The Morgan fingerprint density at radius 1 is 1.09 bits per heavy atom. The second-order valence-electron chi connectivity index (χ2n) is 7.81. The number of esters is 1. The predicted octanol–water partition coefficient (Wildman–Crippen LogP) is 2.14. The number of amides is 1. The molecule has 1 heterocycles. The number of hydrogen-bond donors (Lipinski definition) is 3. The van der Waals surface area contributed by atoms with Gasteiger partial charge in [-0.25, -0.2) is 14.6 Å². The van der Waals surface area contributed by atoms with Gasteiger partial charge in [0.15, 0.2) is 0 Å². The fourth-order valence-electron chi connectivity index (χ4n) is 4.06. The number of hydrogen-bond acceptors (Lipinski definition) is 7. The number of alkyl carbamates (subject to hydrolysis) is 1. The molecule has 2 aromatic carbocycles. The van der Waals surface area contributed by atoms with Crippen molar-refractivity contribution in [3.63, 3.8) is 0 Å². The first-order valence-electron chi connectivity index (χ1n) is 10.5. The third-order valence-electron chi connectivity index (χ3n) is 5.73. The second-order valence-corrected chi connectivity index (χ2v) is 7.81. The van der Waals surface area contributed by atoms with Crippen LogP contribution < -0.4 is 5.32 Å². The second kappa shape index (κ2) is 9.43. The molecule has 1 aliphatic carbocycles. The summed E-state index contributed by atoms with van der Waals surface area (Å²) in [6, 6.07) is 16.0.